The zero-order valence-electron chi connectivity index (χ0n) is 15.0. The number of aryl methyl sites for hydroxylation is 1. The van der Waals surface area contributed by atoms with Crippen LogP contribution in [0, 0.1) is 18.3 Å². The molecule has 0 aromatic heterocycles. The third-order valence-electron chi connectivity index (χ3n) is 4.65. The quantitative estimate of drug-likeness (QED) is 0.761. The normalized spacial score (nSPS) is 16.1. The van der Waals surface area contributed by atoms with Crippen LogP contribution < -0.4 is 0 Å². The molecule has 1 fully saturated rings. The van der Waals surface area contributed by atoms with Gasteiger partial charge in [-0.05, 0) is 24.6 Å². The van der Waals surface area contributed by atoms with E-state index in [2.05, 4.69) is 42.2 Å². The topological polar surface area (TPSA) is 47.3 Å². The van der Waals surface area contributed by atoms with Gasteiger partial charge in [0.1, 0.15) is 6.04 Å². The van der Waals surface area contributed by atoms with E-state index in [0.29, 0.717) is 18.8 Å². The van der Waals surface area contributed by atoms with Crippen LogP contribution in [0.1, 0.15) is 17.2 Å². The Labute approximate surface area is 159 Å². The number of benzene rings is 2. The Kier molecular flexibility index (Phi) is 6.32. The minimum Gasteiger partial charge on any atom is -0.339 e. The van der Waals surface area contributed by atoms with Crippen LogP contribution in [0.15, 0.2) is 59.5 Å². The molecule has 3 rings (SSSR count). The Balaban J connectivity index is 1.50. The first-order chi connectivity index (χ1) is 12.7. The highest BCUT2D eigenvalue weighted by Gasteiger charge is 2.26. The largest absolute Gasteiger partial charge is 0.339 e. The second kappa shape index (κ2) is 8.88. The molecule has 4 nitrogen and oxygen atoms in total. The summed E-state index contributed by atoms with van der Waals surface area (Å²) in [7, 11) is 0. The Morgan fingerprint density at radius 3 is 2.35 bits per heavy atom. The highest BCUT2D eigenvalue weighted by atomic mass is 32.2. The van der Waals surface area contributed by atoms with Gasteiger partial charge in [0.15, 0.2) is 0 Å². The SMILES string of the molecule is Cc1ccc(SCC(=O)N2CCN(C(C#N)c3ccccc3)CC2)cc1. The van der Waals surface area contributed by atoms with Crippen LogP contribution in [-0.4, -0.2) is 47.6 Å². The van der Waals surface area contributed by atoms with Crippen molar-refractivity contribution in [2.24, 2.45) is 0 Å². The van der Waals surface area contributed by atoms with Crippen molar-refractivity contribution in [1.82, 2.24) is 9.80 Å². The number of carbonyl (C=O) groups is 1. The minimum absolute atomic E-state index is 0.170. The number of hydrogen-bond acceptors (Lipinski definition) is 4. The molecule has 134 valence electrons. The second-order valence-electron chi connectivity index (χ2n) is 6.46. The van der Waals surface area contributed by atoms with Gasteiger partial charge in [-0.3, -0.25) is 9.69 Å². The van der Waals surface area contributed by atoms with E-state index in [1.54, 1.807) is 11.8 Å². The first kappa shape index (κ1) is 18.5. The van der Waals surface area contributed by atoms with E-state index >= 15 is 0 Å². The van der Waals surface area contributed by atoms with Gasteiger partial charge in [0.25, 0.3) is 0 Å². The van der Waals surface area contributed by atoms with Crippen molar-refractivity contribution in [1.29, 1.82) is 5.26 Å². The van der Waals surface area contributed by atoms with Crippen molar-refractivity contribution in [3.63, 3.8) is 0 Å². The molecular formula is C21H23N3OS. The van der Waals surface area contributed by atoms with Gasteiger partial charge in [-0.2, -0.15) is 5.26 Å². The Morgan fingerprint density at radius 1 is 1.08 bits per heavy atom. The van der Waals surface area contributed by atoms with Gasteiger partial charge in [-0.15, -0.1) is 11.8 Å². The summed E-state index contributed by atoms with van der Waals surface area (Å²) in [6.07, 6.45) is 0. The molecule has 0 radical (unpaired) electrons. The van der Waals surface area contributed by atoms with E-state index in [0.717, 1.165) is 23.5 Å². The molecular weight excluding hydrogens is 342 g/mol. The number of hydrogen-bond donors (Lipinski definition) is 0. The summed E-state index contributed by atoms with van der Waals surface area (Å²) >= 11 is 1.58. The maximum Gasteiger partial charge on any atom is 0.233 e. The summed E-state index contributed by atoms with van der Waals surface area (Å²) in [5.41, 5.74) is 2.24. The number of thioether (sulfide) groups is 1. The summed E-state index contributed by atoms with van der Waals surface area (Å²) in [5, 5.41) is 9.56. The van der Waals surface area contributed by atoms with Crippen LogP contribution in [-0.2, 0) is 4.79 Å². The minimum atomic E-state index is -0.240. The van der Waals surface area contributed by atoms with Crippen molar-refractivity contribution in [3.8, 4) is 6.07 Å². The van der Waals surface area contributed by atoms with Crippen LogP contribution >= 0.6 is 11.8 Å². The second-order valence-corrected chi connectivity index (χ2v) is 7.51. The lowest BCUT2D eigenvalue weighted by molar-refractivity contribution is -0.130. The molecule has 1 aliphatic rings. The Bertz CT molecular complexity index is 762. The predicted molar refractivity (Wildman–Crippen MR) is 105 cm³/mol. The molecule has 0 bridgehead atoms. The number of carbonyl (C=O) groups excluding carboxylic acids is 1. The first-order valence-corrected chi connectivity index (χ1v) is 9.82. The van der Waals surface area contributed by atoms with Crippen LogP contribution in [0.25, 0.3) is 0 Å². The van der Waals surface area contributed by atoms with Gasteiger partial charge in [0.05, 0.1) is 11.8 Å². The average Bonchev–Trinajstić information content (AvgIpc) is 2.69. The van der Waals surface area contributed by atoms with E-state index in [-0.39, 0.29) is 11.9 Å². The predicted octanol–water partition coefficient (Wildman–Crippen LogP) is 3.50. The molecule has 1 aliphatic heterocycles. The lowest BCUT2D eigenvalue weighted by Crippen LogP contribution is -2.50. The van der Waals surface area contributed by atoms with E-state index < -0.39 is 0 Å². The lowest BCUT2D eigenvalue weighted by atomic mass is 10.1. The molecule has 0 aliphatic carbocycles. The highest BCUT2D eigenvalue weighted by molar-refractivity contribution is 8.00. The van der Waals surface area contributed by atoms with Crippen LogP contribution in [0.3, 0.4) is 0 Å². The van der Waals surface area contributed by atoms with Gasteiger partial charge in [0.2, 0.25) is 5.91 Å². The molecule has 26 heavy (non-hydrogen) atoms. The van der Waals surface area contributed by atoms with E-state index in [1.807, 2.05) is 35.2 Å². The number of nitriles is 1. The third kappa shape index (κ3) is 4.66. The van der Waals surface area contributed by atoms with Crippen molar-refractivity contribution < 1.29 is 4.79 Å². The van der Waals surface area contributed by atoms with Crippen molar-refractivity contribution in [2.75, 3.05) is 31.9 Å². The van der Waals surface area contributed by atoms with Crippen molar-refractivity contribution in [3.05, 3.63) is 65.7 Å². The van der Waals surface area contributed by atoms with E-state index in [1.165, 1.54) is 5.56 Å². The monoisotopic (exact) mass is 365 g/mol. The maximum atomic E-state index is 12.5. The number of piperazine rings is 1. The molecule has 0 saturated carbocycles. The maximum absolute atomic E-state index is 12.5. The summed E-state index contributed by atoms with van der Waals surface area (Å²) in [6, 6.07) is 20.3. The van der Waals surface area contributed by atoms with Crippen molar-refractivity contribution in [2.45, 2.75) is 17.9 Å². The first-order valence-electron chi connectivity index (χ1n) is 8.83. The van der Waals surface area contributed by atoms with Gasteiger partial charge < -0.3 is 4.90 Å². The zero-order chi connectivity index (χ0) is 18.4. The molecule has 2 aromatic carbocycles. The fourth-order valence-electron chi connectivity index (χ4n) is 3.10. The van der Waals surface area contributed by atoms with E-state index in [4.69, 9.17) is 0 Å². The highest BCUT2D eigenvalue weighted by Crippen LogP contribution is 2.22. The Hall–Kier alpha value is -2.29. The number of rotatable bonds is 5. The summed E-state index contributed by atoms with van der Waals surface area (Å²) < 4.78 is 0. The molecule has 1 unspecified atom stereocenters. The van der Waals surface area contributed by atoms with Gasteiger partial charge in [0, 0.05) is 31.1 Å². The molecule has 1 amide bonds. The molecule has 0 spiro atoms. The molecule has 1 heterocycles. The van der Waals surface area contributed by atoms with Crippen LogP contribution in [0.4, 0.5) is 0 Å². The molecule has 0 N–H and O–H groups in total. The number of amides is 1. The molecule has 1 atom stereocenters. The van der Waals surface area contributed by atoms with Gasteiger partial charge in [-0.1, -0.05) is 48.0 Å². The third-order valence-corrected chi connectivity index (χ3v) is 5.65. The smallest absolute Gasteiger partial charge is 0.233 e. The van der Waals surface area contributed by atoms with E-state index in [9.17, 15) is 10.1 Å². The average molecular weight is 366 g/mol. The van der Waals surface area contributed by atoms with Gasteiger partial charge >= 0.3 is 0 Å². The lowest BCUT2D eigenvalue weighted by Gasteiger charge is -2.37. The molecule has 2 aromatic rings. The molecule has 1 saturated heterocycles. The fourth-order valence-corrected chi connectivity index (χ4v) is 3.90. The zero-order valence-corrected chi connectivity index (χ0v) is 15.8. The molecule has 5 heteroatoms. The number of nitrogens with zero attached hydrogens (tertiary/aromatic N) is 3. The van der Waals surface area contributed by atoms with Crippen LogP contribution in [0.5, 0.6) is 0 Å². The van der Waals surface area contributed by atoms with Gasteiger partial charge in [-0.25, -0.2) is 0 Å². The summed E-state index contributed by atoms with van der Waals surface area (Å²) in [5.74, 6) is 0.632. The standard InChI is InChI=1S/C21H23N3OS/c1-17-7-9-19(10-8-17)26-16-21(25)24-13-11-23(12-14-24)20(15-22)18-5-3-2-4-6-18/h2-10,20H,11-14,16H2,1H3. The summed E-state index contributed by atoms with van der Waals surface area (Å²) in [4.78, 5) is 17.7. The van der Waals surface area contributed by atoms with Crippen molar-refractivity contribution >= 4 is 17.7 Å². The fraction of sp³-hybridized carbons (Fsp3) is 0.333. The summed E-state index contributed by atoms with van der Waals surface area (Å²) in [6.45, 7) is 4.88. The Morgan fingerprint density at radius 2 is 1.73 bits per heavy atom. The van der Waals surface area contributed by atoms with Crippen LogP contribution in [0.2, 0.25) is 0 Å².